The molecule has 0 atom stereocenters. The van der Waals surface area contributed by atoms with E-state index >= 15 is 0 Å². The number of rotatable bonds is 8. The second kappa shape index (κ2) is 9.12. The summed E-state index contributed by atoms with van der Waals surface area (Å²) in [4.78, 5) is 4.33. The maximum atomic E-state index is 12.5. The first-order chi connectivity index (χ1) is 12.4. The minimum absolute atomic E-state index is 0.168. The first kappa shape index (κ1) is 20.4. The molecule has 8 heteroatoms. The first-order valence-corrected chi connectivity index (χ1v) is 10.3. The molecule has 0 aliphatic carbocycles. The zero-order valence-corrected chi connectivity index (χ0v) is 16.7. The maximum absolute atomic E-state index is 12.5. The van der Waals surface area contributed by atoms with Crippen molar-refractivity contribution in [1.29, 1.82) is 0 Å². The van der Waals surface area contributed by atoms with Crippen LogP contribution in [0.5, 0.6) is 0 Å². The van der Waals surface area contributed by atoms with Crippen LogP contribution in [0.15, 0.2) is 52.6 Å². The minimum atomic E-state index is -3.51. The summed E-state index contributed by atoms with van der Waals surface area (Å²) in [6.45, 7) is 6.45. The smallest absolute Gasteiger partial charge is 0.244 e. The Morgan fingerprint density at radius 3 is 2.46 bits per heavy atom. The molecular formula is C18H23ClN4O2S. The molecule has 0 unspecified atom stereocenters. The Morgan fingerprint density at radius 1 is 1.19 bits per heavy atom. The molecule has 2 rings (SSSR count). The number of hydrogen-bond acceptors (Lipinski definition) is 5. The Balaban J connectivity index is 2.18. The lowest BCUT2D eigenvalue weighted by Crippen LogP contribution is -2.30. The molecule has 1 N–H and O–H groups in total. The number of pyridine rings is 1. The first-order valence-electron chi connectivity index (χ1n) is 8.47. The van der Waals surface area contributed by atoms with E-state index in [1.54, 1.807) is 19.9 Å². The molecule has 0 saturated carbocycles. The maximum Gasteiger partial charge on any atom is 0.244 e. The van der Waals surface area contributed by atoms with Gasteiger partial charge in [0.25, 0.3) is 0 Å². The predicted molar refractivity (Wildman–Crippen MR) is 106 cm³/mol. The van der Waals surface area contributed by atoms with E-state index < -0.39 is 10.0 Å². The minimum Gasteiger partial charge on any atom is -0.261 e. The van der Waals surface area contributed by atoms with Crippen LogP contribution >= 0.6 is 11.6 Å². The zero-order chi connectivity index (χ0) is 19.2. The van der Waals surface area contributed by atoms with Crippen LogP contribution in [-0.2, 0) is 10.0 Å². The quantitative estimate of drug-likeness (QED) is 0.542. The van der Waals surface area contributed by atoms with Crippen LogP contribution in [0.3, 0.4) is 0 Å². The number of nitrogens with zero attached hydrogens (tertiary/aromatic N) is 3. The van der Waals surface area contributed by atoms with Gasteiger partial charge in [0, 0.05) is 24.3 Å². The molecule has 26 heavy (non-hydrogen) atoms. The van der Waals surface area contributed by atoms with Crippen LogP contribution in [-0.4, -0.2) is 36.5 Å². The van der Waals surface area contributed by atoms with E-state index in [0.717, 1.165) is 11.3 Å². The van der Waals surface area contributed by atoms with Crippen molar-refractivity contribution in [2.24, 2.45) is 5.10 Å². The van der Waals surface area contributed by atoms with Crippen LogP contribution < -0.4 is 5.43 Å². The summed E-state index contributed by atoms with van der Waals surface area (Å²) in [5.41, 5.74) is 4.63. The lowest BCUT2D eigenvalue weighted by Gasteiger charge is -2.18. The summed E-state index contributed by atoms with van der Waals surface area (Å²) in [6, 6.07) is 10.6. The van der Waals surface area contributed by atoms with Gasteiger partial charge in [0.2, 0.25) is 10.0 Å². The number of anilines is 1. The normalized spacial score (nSPS) is 12.4. The summed E-state index contributed by atoms with van der Waals surface area (Å²) in [5, 5.41) is 5.01. The zero-order valence-electron chi connectivity index (χ0n) is 15.1. The predicted octanol–water partition coefficient (Wildman–Crippen LogP) is 3.99. The number of hydrazone groups is 1. The molecule has 2 aromatic rings. The second-order valence-electron chi connectivity index (χ2n) is 5.50. The number of sulfonamides is 1. The van der Waals surface area contributed by atoms with Gasteiger partial charge in [-0.2, -0.15) is 9.41 Å². The molecule has 0 radical (unpaired) electrons. The van der Waals surface area contributed by atoms with Crippen LogP contribution in [0, 0.1) is 0 Å². The molecule has 0 bridgehead atoms. The van der Waals surface area contributed by atoms with Gasteiger partial charge in [-0.05, 0) is 36.2 Å². The van der Waals surface area contributed by atoms with Crippen molar-refractivity contribution in [3.05, 3.63) is 53.2 Å². The fraction of sp³-hybridized carbons (Fsp3) is 0.333. The van der Waals surface area contributed by atoms with Gasteiger partial charge in [0.05, 0.1) is 5.71 Å². The summed E-state index contributed by atoms with van der Waals surface area (Å²) in [6.07, 6.45) is 2.05. The van der Waals surface area contributed by atoms with E-state index in [2.05, 4.69) is 15.5 Å². The van der Waals surface area contributed by atoms with E-state index in [9.17, 15) is 8.42 Å². The molecule has 6 nitrogen and oxygen atoms in total. The van der Waals surface area contributed by atoms with Crippen LogP contribution in [0.25, 0.3) is 0 Å². The average molecular weight is 395 g/mol. The second-order valence-corrected chi connectivity index (χ2v) is 7.88. The van der Waals surface area contributed by atoms with Crippen molar-refractivity contribution < 1.29 is 8.42 Å². The molecular weight excluding hydrogens is 372 g/mol. The number of benzene rings is 1. The van der Waals surface area contributed by atoms with Gasteiger partial charge in [-0.1, -0.05) is 44.5 Å². The SMILES string of the molecule is CC/C(=N\Nc1ccc(S(=O)(=O)N(CC)CC)cn1)c1cccc(Cl)c1. The van der Waals surface area contributed by atoms with Gasteiger partial charge in [0.15, 0.2) is 0 Å². The molecule has 0 fully saturated rings. The topological polar surface area (TPSA) is 74.7 Å². The van der Waals surface area contributed by atoms with Gasteiger partial charge < -0.3 is 0 Å². The Labute approximate surface area is 160 Å². The standard InChI is InChI=1S/C18H23ClN4O2S/c1-4-17(14-8-7-9-15(19)12-14)21-22-18-11-10-16(13-20-18)26(24,25)23(5-2)6-3/h7-13H,4-6H2,1-3H3,(H,20,22)/b21-17+. The van der Waals surface area contributed by atoms with Gasteiger partial charge >= 0.3 is 0 Å². The summed E-state index contributed by atoms with van der Waals surface area (Å²) >= 11 is 6.02. The van der Waals surface area contributed by atoms with E-state index in [1.807, 2.05) is 31.2 Å². The van der Waals surface area contributed by atoms with Crippen molar-refractivity contribution in [2.45, 2.75) is 32.1 Å². The molecule has 0 amide bonds. The summed E-state index contributed by atoms with van der Waals surface area (Å²) < 4.78 is 26.3. The van der Waals surface area contributed by atoms with Gasteiger partial charge in [-0.15, -0.1) is 0 Å². The highest BCUT2D eigenvalue weighted by Crippen LogP contribution is 2.17. The molecule has 0 aliphatic rings. The largest absolute Gasteiger partial charge is 0.261 e. The highest BCUT2D eigenvalue weighted by atomic mass is 35.5. The highest BCUT2D eigenvalue weighted by Gasteiger charge is 2.21. The summed E-state index contributed by atoms with van der Waals surface area (Å²) in [5.74, 6) is 0.469. The Bertz CT molecular complexity index is 863. The fourth-order valence-corrected chi connectivity index (χ4v) is 4.05. The molecule has 0 spiro atoms. The number of nitrogens with one attached hydrogen (secondary N) is 1. The number of hydrogen-bond donors (Lipinski definition) is 1. The Hall–Kier alpha value is -1.96. The van der Waals surface area contributed by atoms with Crippen LogP contribution in [0.2, 0.25) is 5.02 Å². The molecule has 1 aromatic carbocycles. The monoisotopic (exact) mass is 394 g/mol. The molecule has 0 saturated heterocycles. The van der Waals surface area contributed by atoms with Crippen LogP contribution in [0.1, 0.15) is 32.8 Å². The van der Waals surface area contributed by atoms with E-state index in [0.29, 0.717) is 30.4 Å². The van der Waals surface area contributed by atoms with E-state index in [-0.39, 0.29) is 4.90 Å². The van der Waals surface area contributed by atoms with Crippen molar-refractivity contribution in [2.75, 3.05) is 18.5 Å². The Kier molecular flexibility index (Phi) is 7.14. The molecule has 140 valence electrons. The molecule has 1 aromatic heterocycles. The highest BCUT2D eigenvalue weighted by molar-refractivity contribution is 7.89. The van der Waals surface area contributed by atoms with E-state index in [4.69, 9.17) is 11.6 Å². The third-order valence-corrected chi connectivity index (χ3v) is 6.15. The van der Waals surface area contributed by atoms with Crippen molar-refractivity contribution in [3.63, 3.8) is 0 Å². The molecule has 1 heterocycles. The van der Waals surface area contributed by atoms with Gasteiger partial charge in [-0.25, -0.2) is 13.4 Å². The van der Waals surface area contributed by atoms with E-state index in [1.165, 1.54) is 16.6 Å². The Morgan fingerprint density at radius 2 is 1.92 bits per heavy atom. The fourth-order valence-electron chi connectivity index (χ4n) is 2.45. The summed E-state index contributed by atoms with van der Waals surface area (Å²) in [7, 11) is -3.51. The van der Waals surface area contributed by atoms with Gasteiger partial charge in [0.1, 0.15) is 10.7 Å². The van der Waals surface area contributed by atoms with Crippen molar-refractivity contribution in [3.8, 4) is 0 Å². The lowest BCUT2D eigenvalue weighted by molar-refractivity contribution is 0.445. The van der Waals surface area contributed by atoms with Gasteiger partial charge in [-0.3, -0.25) is 5.43 Å². The van der Waals surface area contributed by atoms with Crippen molar-refractivity contribution >= 4 is 33.2 Å². The lowest BCUT2D eigenvalue weighted by atomic mass is 10.1. The van der Waals surface area contributed by atoms with Crippen LogP contribution in [0.4, 0.5) is 5.82 Å². The molecule has 0 aliphatic heterocycles. The van der Waals surface area contributed by atoms with Crippen molar-refractivity contribution in [1.82, 2.24) is 9.29 Å². The number of aromatic nitrogens is 1. The third-order valence-electron chi connectivity index (χ3n) is 3.88. The number of halogens is 1. The third kappa shape index (κ3) is 4.81. The average Bonchev–Trinajstić information content (AvgIpc) is 2.63.